The van der Waals surface area contributed by atoms with Crippen LogP contribution in [-0.2, 0) is 12.8 Å². The van der Waals surface area contributed by atoms with Crippen molar-refractivity contribution in [1.82, 2.24) is 20.1 Å². The quantitative estimate of drug-likeness (QED) is 0.837. The van der Waals surface area contributed by atoms with E-state index in [0.29, 0.717) is 18.7 Å². The van der Waals surface area contributed by atoms with Crippen LogP contribution in [0, 0.1) is 0 Å². The van der Waals surface area contributed by atoms with Crippen LogP contribution < -0.4 is 4.90 Å². The fourth-order valence-corrected chi connectivity index (χ4v) is 3.28. The van der Waals surface area contributed by atoms with Crippen molar-refractivity contribution in [3.05, 3.63) is 47.4 Å². The van der Waals surface area contributed by atoms with Crippen LogP contribution in [0.2, 0.25) is 0 Å². The lowest BCUT2D eigenvalue weighted by Gasteiger charge is -2.35. The van der Waals surface area contributed by atoms with Crippen molar-refractivity contribution in [2.75, 3.05) is 31.1 Å². The second-order valence-corrected chi connectivity index (χ2v) is 6.05. The zero-order valence-electron chi connectivity index (χ0n) is 13.0. The molecule has 2 aromatic heterocycles. The molecule has 0 N–H and O–H groups in total. The van der Waals surface area contributed by atoms with Crippen molar-refractivity contribution in [2.45, 2.75) is 19.3 Å². The van der Waals surface area contributed by atoms with Gasteiger partial charge in [-0.25, -0.2) is 0 Å². The van der Waals surface area contributed by atoms with Gasteiger partial charge >= 0.3 is 0 Å². The molecule has 1 fully saturated rings. The molecule has 0 aromatic carbocycles. The zero-order chi connectivity index (χ0) is 15.6. The summed E-state index contributed by atoms with van der Waals surface area (Å²) in [5, 5.41) is 8.72. The molecule has 0 saturated carbocycles. The lowest BCUT2D eigenvalue weighted by molar-refractivity contribution is 0.0746. The number of hydrogen-bond acceptors (Lipinski definition) is 5. The van der Waals surface area contributed by atoms with Crippen LogP contribution in [0.5, 0.6) is 0 Å². The van der Waals surface area contributed by atoms with E-state index in [2.05, 4.69) is 26.1 Å². The third kappa shape index (κ3) is 2.76. The largest absolute Gasteiger partial charge is 0.352 e. The van der Waals surface area contributed by atoms with Gasteiger partial charge in [-0.1, -0.05) is 0 Å². The molecule has 3 heterocycles. The third-order valence-corrected chi connectivity index (χ3v) is 4.61. The summed E-state index contributed by atoms with van der Waals surface area (Å²) in [6, 6.07) is 5.78. The van der Waals surface area contributed by atoms with Gasteiger partial charge in [0.05, 0.1) is 11.3 Å². The minimum absolute atomic E-state index is 0.0535. The number of amides is 1. The lowest BCUT2D eigenvalue weighted by atomic mass is 10.2. The summed E-state index contributed by atoms with van der Waals surface area (Å²) in [4.78, 5) is 20.6. The van der Waals surface area contributed by atoms with Gasteiger partial charge in [0.25, 0.3) is 5.91 Å². The summed E-state index contributed by atoms with van der Waals surface area (Å²) in [5.74, 6) is 0.997. The Kier molecular flexibility index (Phi) is 3.65. The number of rotatable bonds is 2. The maximum Gasteiger partial charge on any atom is 0.255 e. The SMILES string of the molecule is O=C(c1cccnc1)N1CCN(c2cc3c(nn2)CCC3)CC1. The summed E-state index contributed by atoms with van der Waals surface area (Å²) in [7, 11) is 0. The van der Waals surface area contributed by atoms with Crippen molar-refractivity contribution in [3.63, 3.8) is 0 Å². The summed E-state index contributed by atoms with van der Waals surface area (Å²) in [6.45, 7) is 2.98. The molecular weight excluding hydrogens is 290 g/mol. The van der Waals surface area contributed by atoms with Crippen molar-refractivity contribution >= 4 is 11.7 Å². The molecule has 0 bridgehead atoms. The molecule has 1 aliphatic heterocycles. The average molecular weight is 309 g/mol. The maximum atomic E-state index is 12.4. The molecular formula is C17H19N5O. The summed E-state index contributed by atoms with van der Waals surface area (Å²) >= 11 is 0. The number of aryl methyl sites for hydroxylation is 2. The van der Waals surface area contributed by atoms with Crippen LogP contribution in [0.25, 0.3) is 0 Å². The number of aromatic nitrogens is 3. The van der Waals surface area contributed by atoms with Crippen molar-refractivity contribution in [3.8, 4) is 0 Å². The van der Waals surface area contributed by atoms with Gasteiger partial charge in [0.1, 0.15) is 0 Å². The first-order chi connectivity index (χ1) is 11.3. The van der Waals surface area contributed by atoms with E-state index in [-0.39, 0.29) is 5.91 Å². The van der Waals surface area contributed by atoms with Gasteiger partial charge in [0, 0.05) is 38.6 Å². The zero-order valence-corrected chi connectivity index (χ0v) is 13.0. The molecule has 1 aliphatic carbocycles. The van der Waals surface area contributed by atoms with Gasteiger partial charge in [-0.15, -0.1) is 5.10 Å². The molecule has 2 aromatic rings. The van der Waals surface area contributed by atoms with Crippen molar-refractivity contribution < 1.29 is 4.79 Å². The first-order valence-electron chi connectivity index (χ1n) is 8.11. The smallest absolute Gasteiger partial charge is 0.255 e. The minimum atomic E-state index is 0.0535. The number of fused-ring (bicyclic) bond motifs is 1. The highest BCUT2D eigenvalue weighted by atomic mass is 16.2. The molecule has 1 saturated heterocycles. The second kappa shape index (κ2) is 5.95. The molecule has 4 rings (SSSR count). The predicted octanol–water partition coefficient (Wildman–Crippen LogP) is 1.32. The molecule has 0 atom stereocenters. The maximum absolute atomic E-state index is 12.4. The van der Waals surface area contributed by atoms with Crippen molar-refractivity contribution in [2.24, 2.45) is 0 Å². The van der Waals surface area contributed by atoms with E-state index in [9.17, 15) is 4.79 Å². The van der Waals surface area contributed by atoms with E-state index in [1.165, 1.54) is 12.0 Å². The number of hydrogen-bond donors (Lipinski definition) is 0. The summed E-state index contributed by atoms with van der Waals surface area (Å²) in [5.41, 5.74) is 3.14. The predicted molar refractivity (Wildman–Crippen MR) is 86.4 cm³/mol. The summed E-state index contributed by atoms with van der Waals surface area (Å²) in [6.07, 6.45) is 6.65. The Hall–Kier alpha value is -2.50. The molecule has 2 aliphatic rings. The van der Waals surface area contributed by atoms with Gasteiger partial charge in [0.2, 0.25) is 0 Å². The Morgan fingerprint density at radius 2 is 1.96 bits per heavy atom. The number of piperazine rings is 1. The minimum Gasteiger partial charge on any atom is -0.352 e. The number of carbonyl (C=O) groups is 1. The van der Waals surface area contributed by atoms with Crippen LogP contribution in [0.15, 0.2) is 30.6 Å². The number of carbonyl (C=O) groups excluding carboxylic acids is 1. The van der Waals surface area contributed by atoms with Gasteiger partial charge < -0.3 is 9.80 Å². The first kappa shape index (κ1) is 14.1. The van der Waals surface area contributed by atoms with E-state index in [1.54, 1.807) is 18.5 Å². The molecule has 1 amide bonds. The Morgan fingerprint density at radius 3 is 2.74 bits per heavy atom. The van der Waals surface area contributed by atoms with Gasteiger partial charge in [-0.05, 0) is 43.0 Å². The molecule has 118 valence electrons. The highest BCUT2D eigenvalue weighted by Gasteiger charge is 2.24. The normalized spacial score (nSPS) is 17.2. The van der Waals surface area contributed by atoms with Gasteiger partial charge in [-0.2, -0.15) is 5.10 Å². The molecule has 6 nitrogen and oxygen atoms in total. The van der Waals surface area contributed by atoms with Crippen LogP contribution in [0.1, 0.15) is 28.0 Å². The average Bonchev–Trinajstić information content (AvgIpc) is 3.10. The highest BCUT2D eigenvalue weighted by molar-refractivity contribution is 5.94. The number of nitrogens with zero attached hydrogens (tertiary/aromatic N) is 5. The van der Waals surface area contributed by atoms with Gasteiger partial charge in [0.15, 0.2) is 5.82 Å². The van der Waals surface area contributed by atoms with Crippen LogP contribution in [0.3, 0.4) is 0 Å². The van der Waals surface area contributed by atoms with E-state index in [0.717, 1.165) is 37.4 Å². The van der Waals surface area contributed by atoms with E-state index >= 15 is 0 Å². The molecule has 0 unspecified atom stereocenters. The number of anilines is 1. The lowest BCUT2D eigenvalue weighted by Crippen LogP contribution is -2.49. The Bertz CT molecular complexity index is 710. The molecule has 23 heavy (non-hydrogen) atoms. The molecule has 0 spiro atoms. The van der Waals surface area contributed by atoms with Gasteiger partial charge in [-0.3, -0.25) is 9.78 Å². The first-order valence-corrected chi connectivity index (χ1v) is 8.11. The Morgan fingerprint density at radius 1 is 1.09 bits per heavy atom. The Balaban J connectivity index is 1.42. The molecule has 6 heteroatoms. The van der Waals surface area contributed by atoms with E-state index in [1.807, 2.05) is 11.0 Å². The second-order valence-electron chi connectivity index (χ2n) is 6.05. The fraction of sp³-hybridized carbons (Fsp3) is 0.412. The number of pyridine rings is 1. The van der Waals surface area contributed by atoms with E-state index in [4.69, 9.17) is 0 Å². The van der Waals surface area contributed by atoms with Crippen LogP contribution in [-0.4, -0.2) is 52.2 Å². The molecule has 0 radical (unpaired) electrons. The van der Waals surface area contributed by atoms with Crippen LogP contribution >= 0.6 is 0 Å². The van der Waals surface area contributed by atoms with E-state index < -0.39 is 0 Å². The third-order valence-electron chi connectivity index (χ3n) is 4.61. The Labute approximate surface area is 135 Å². The standard InChI is InChI=1S/C17H19N5O/c23-17(14-4-2-6-18-12-14)22-9-7-21(8-10-22)16-11-13-3-1-5-15(13)19-20-16/h2,4,6,11-12H,1,3,5,7-10H2. The van der Waals surface area contributed by atoms with Crippen LogP contribution in [0.4, 0.5) is 5.82 Å². The summed E-state index contributed by atoms with van der Waals surface area (Å²) < 4.78 is 0. The van der Waals surface area contributed by atoms with Crippen molar-refractivity contribution in [1.29, 1.82) is 0 Å². The monoisotopic (exact) mass is 309 g/mol. The topological polar surface area (TPSA) is 62.2 Å². The highest BCUT2D eigenvalue weighted by Crippen LogP contribution is 2.23. The fourth-order valence-electron chi connectivity index (χ4n) is 3.28.